The summed E-state index contributed by atoms with van der Waals surface area (Å²) in [5.41, 5.74) is 0.319. The highest BCUT2D eigenvalue weighted by Crippen LogP contribution is 2.41. The quantitative estimate of drug-likeness (QED) is 0.869. The van der Waals surface area contributed by atoms with Crippen LogP contribution in [0.2, 0.25) is 0 Å². The van der Waals surface area contributed by atoms with Gasteiger partial charge >= 0.3 is 0 Å². The fraction of sp³-hybridized carbons (Fsp3) is 0.714. The van der Waals surface area contributed by atoms with Crippen LogP contribution in [0.15, 0.2) is 22.8 Å². The second kappa shape index (κ2) is 4.14. The van der Waals surface area contributed by atoms with E-state index in [4.69, 9.17) is 4.42 Å². The number of nitrogens with one attached hydrogen (secondary N) is 1. The predicted molar refractivity (Wildman–Crippen MR) is 67.7 cm³/mol. The van der Waals surface area contributed by atoms with E-state index in [1.807, 2.05) is 6.07 Å². The Kier molecular flexibility index (Phi) is 2.75. The normalized spacial score (nSPS) is 35.1. The monoisotopic (exact) mass is 234 g/mol. The SMILES string of the molecule is CC1CNC(C)(C2CC2)CN1Cc1ccco1. The Morgan fingerprint density at radius 1 is 1.53 bits per heavy atom. The van der Waals surface area contributed by atoms with Gasteiger partial charge in [-0.1, -0.05) is 0 Å². The van der Waals surface area contributed by atoms with Crippen LogP contribution >= 0.6 is 0 Å². The molecule has 1 aliphatic heterocycles. The molecule has 0 amide bonds. The highest BCUT2D eigenvalue weighted by atomic mass is 16.3. The molecule has 3 nitrogen and oxygen atoms in total. The Hall–Kier alpha value is -0.800. The average molecular weight is 234 g/mol. The van der Waals surface area contributed by atoms with E-state index in [1.165, 1.54) is 12.8 Å². The summed E-state index contributed by atoms with van der Waals surface area (Å²) in [5.74, 6) is 1.96. The van der Waals surface area contributed by atoms with Crippen LogP contribution in [0.3, 0.4) is 0 Å². The van der Waals surface area contributed by atoms with Crippen molar-refractivity contribution in [3.8, 4) is 0 Å². The van der Waals surface area contributed by atoms with E-state index in [-0.39, 0.29) is 0 Å². The third-order valence-corrected chi connectivity index (χ3v) is 4.37. The first-order chi connectivity index (χ1) is 8.17. The molecule has 1 saturated heterocycles. The Labute approximate surface area is 103 Å². The summed E-state index contributed by atoms with van der Waals surface area (Å²) in [6.07, 6.45) is 4.56. The summed E-state index contributed by atoms with van der Waals surface area (Å²) in [4.78, 5) is 2.55. The lowest BCUT2D eigenvalue weighted by Gasteiger charge is -2.45. The minimum absolute atomic E-state index is 0.319. The molecule has 94 valence electrons. The van der Waals surface area contributed by atoms with Crippen molar-refractivity contribution in [2.24, 2.45) is 5.92 Å². The first kappa shape index (κ1) is 11.3. The van der Waals surface area contributed by atoms with Crippen LogP contribution in [0.25, 0.3) is 0 Å². The fourth-order valence-electron chi connectivity index (χ4n) is 2.95. The van der Waals surface area contributed by atoms with Gasteiger partial charge in [0, 0.05) is 24.7 Å². The van der Waals surface area contributed by atoms with Gasteiger partial charge in [-0.15, -0.1) is 0 Å². The lowest BCUT2D eigenvalue weighted by molar-refractivity contribution is 0.0713. The third kappa shape index (κ3) is 2.26. The molecule has 1 aromatic heterocycles. The van der Waals surface area contributed by atoms with Gasteiger partial charge in [-0.25, -0.2) is 0 Å². The maximum atomic E-state index is 5.47. The smallest absolute Gasteiger partial charge is 0.117 e. The summed E-state index contributed by atoms with van der Waals surface area (Å²) in [5, 5.41) is 3.74. The van der Waals surface area contributed by atoms with Crippen molar-refractivity contribution in [2.45, 2.75) is 44.8 Å². The Morgan fingerprint density at radius 3 is 3.00 bits per heavy atom. The van der Waals surface area contributed by atoms with Gasteiger partial charge in [-0.2, -0.15) is 0 Å². The van der Waals surface area contributed by atoms with E-state index in [2.05, 4.69) is 30.1 Å². The molecular weight excluding hydrogens is 212 g/mol. The van der Waals surface area contributed by atoms with E-state index < -0.39 is 0 Å². The van der Waals surface area contributed by atoms with Crippen molar-refractivity contribution in [3.05, 3.63) is 24.2 Å². The maximum absolute atomic E-state index is 5.47. The predicted octanol–water partition coefficient (Wildman–Crippen LogP) is 2.24. The zero-order valence-electron chi connectivity index (χ0n) is 10.8. The van der Waals surface area contributed by atoms with Crippen LogP contribution < -0.4 is 5.32 Å². The summed E-state index contributed by atoms with van der Waals surface area (Å²) in [7, 11) is 0. The van der Waals surface area contributed by atoms with Gasteiger partial charge in [-0.3, -0.25) is 4.90 Å². The standard InChI is InChI=1S/C14H22N2O/c1-11-8-15-14(2,12-5-6-12)10-16(11)9-13-4-3-7-17-13/h3-4,7,11-12,15H,5-6,8-10H2,1-2H3. The molecule has 0 aromatic carbocycles. The van der Waals surface area contributed by atoms with Crippen LogP contribution in [0, 0.1) is 5.92 Å². The van der Waals surface area contributed by atoms with E-state index in [0.29, 0.717) is 11.6 Å². The van der Waals surface area contributed by atoms with Gasteiger partial charge in [0.1, 0.15) is 5.76 Å². The molecule has 2 unspecified atom stereocenters. The van der Waals surface area contributed by atoms with Gasteiger partial charge in [-0.05, 0) is 44.7 Å². The highest BCUT2D eigenvalue weighted by molar-refractivity contribution is 5.05. The molecule has 1 saturated carbocycles. The highest BCUT2D eigenvalue weighted by Gasteiger charge is 2.45. The molecule has 1 N–H and O–H groups in total. The second-order valence-electron chi connectivity index (χ2n) is 5.91. The van der Waals surface area contributed by atoms with Crippen molar-refractivity contribution < 1.29 is 4.42 Å². The number of hydrogen-bond acceptors (Lipinski definition) is 3. The van der Waals surface area contributed by atoms with E-state index >= 15 is 0 Å². The molecule has 0 bridgehead atoms. The summed E-state index contributed by atoms with van der Waals surface area (Å²) in [6, 6.07) is 4.64. The van der Waals surface area contributed by atoms with Crippen LogP contribution in [-0.4, -0.2) is 29.6 Å². The minimum atomic E-state index is 0.319. The molecule has 17 heavy (non-hydrogen) atoms. The van der Waals surface area contributed by atoms with E-state index in [9.17, 15) is 0 Å². The van der Waals surface area contributed by atoms with E-state index in [1.54, 1.807) is 6.26 Å². The van der Waals surface area contributed by atoms with Crippen molar-refractivity contribution in [1.29, 1.82) is 0 Å². The molecule has 2 aliphatic rings. The zero-order chi connectivity index (χ0) is 11.9. The topological polar surface area (TPSA) is 28.4 Å². The first-order valence-corrected chi connectivity index (χ1v) is 6.69. The Balaban J connectivity index is 1.69. The number of rotatable bonds is 3. The van der Waals surface area contributed by atoms with Crippen LogP contribution in [0.1, 0.15) is 32.4 Å². The van der Waals surface area contributed by atoms with Gasteiger partial charge < -0.3 is 9.73 Å². The number of nitrogens with zero attached hydrogens (tertiary/aromatic N) is 1. The summed E-state index contributed by atoms with van der Waals surface area (Å²) in [6.45, 7) is 7.85. The van der Waals surface area contributed by atoms with Crippen molar-refractivity contribution >= 4 is 0 Å². The number of furan rings is 1. The molecule has 1 aromatic rings. The van der Waals surface area contributed by atoms with Crippen LogP contribution in [0.5, 0.6) is 0 Å². The molecule has 0 radical (unpaired) electrons. The maximum Gasteiger partial charge on any atom is 0.117 e. The third-order valence-electron chi connectivity index (χ3n) is 4.37. The molecule has 2 atom stereocenters. The zero-order valence-corrected chi connectivity index (χ0v) is 10.8. The molecule has 2 heterocycles. The first-order valence-electron chi connectivity index (χ1n) is 6.69. The molecule has 1 aliphatic carbocycles. The second-order valence-corrected chi connectivity index (χ2v) is 5.91. The van der Waals surface area contributed by atoms with Gasteiger partial charge in [0.05, 0.1) is 12.8 Å². The summed E-state index contributed by atoms with van der Waals surface area (Å²) >= 11 is 0. The number of hydrogen-bond donors (Lipinski definition) is 1. The molecular formula is C14H22N2O. The fourth-order valence-corrected chi connectivity index (χ4v) is 2.95. The average Bonchev–Trinajstić information content (AvgIpc) is 3.05. The van der Waals surface area contributed by atoms with Crippen LogP contribution in [0.4, 0.5) is 0 Å². The lowest BCUT2D eigenvalue weighted by Crippen LogP contribution is -2.62. The van der Waals surface area contributed by atoms with Gasteiger partial charge in [0.2, 0.25) is 0 Å². The van der Waals surface area contributed by atoms with Gasteiger partial charge in [0.15, 0.2) is 0 Å². The molecule has 3 heteroatoms. The molecule has 3 rings (SSSR count). The van der Waals surface area contributed by atoms with Crippen molar-refractivity contribution in [2.75, 3.05) is 13.1 Å². The van der Waals surface area contributed by atoms with Gasteiger partial charge in [0.25, 0.3) is 0 Å². The molecule has 0 spiro atoms. The van der Waals surface area contributed by atoms with Crippen LogP contribution in [-0.2, 0) is 6.54 Å². The lowest BCUT2D eigenvalue weighted by atomic mass is 9.91. The number of piperazine rings is 1. The van der Waals surface area contributed by atoms with Crippen molar-refractivity contribution in [1.82, 2.24) is 10.2 Å². The largest absolute Gasteiger partial charge is 0.468 e. The van der Waals surface area contributed by atoms with E-state index in [0.717, 1.165) is 31.3 Å². The summed E-state index contributed by atoms with van der Waals surface area (Å²) < 4.78 is 5.47. The molecule has 2 fully saturated rings. The Bertz CT molecular complexity index is 372. The minimum Gasteiger partial charge on any atom is -0.468 e. The van der Waals surface area contributed by atoms with Crippen molar-refractivity contribution in [3.63, 3.8) is 0 Å². The Morgan fingerprint density at radius 2 is 2.35 bits per heavy atom.